The van der Waals surface area contributed by atoms with Crippen LogP contribution >= 0.6 is 0 Å². The van der Waals surface area contributed by atoms with E-state index in [2.05, 4.69) is 5.21 Å². The normalized spacial score (nSPS) is 10.5. The van der Waals surface area contributed by atoms with Crippen LogP contribution in [-0.2, 0) is 0 Å². The second-order valence-electron chi connectivity index (χ2n) is 3.40. The van der Waals surface area contributed by atoms with Crippen LogP contribution in [0.1, 0.15) is 0 Å². The first-order valence-electron chi connectivity index (χ1n) is 4.45. The van der Waals surface area contributed by atoms with Crippen molar-refractivity contribution in [3.05, 3.63) is 29.2 Å². The van der Waals surface area contributed by atoms with Gasteiger partial charge in [0.1, 0.15) is 0 Å². The predicted molar refractivity (Wildman–Crippen MR) is 54.1 cm³/mol. The van der Waals surface area contributed by atoms with Crippen molar-refractivity contribution in [2.45, 2.75) is 0 Å². The van der Waals surface area contributed by atoms with Gasteiger partial charge in [0.05, 0.1) is 4.54 Å². The number of aromatic nitrogens is 3. The Morgan fingerprint density at radius 2 is 2.07 bits per heavy atom. The van der Waals surface area contributed by atoms with Crippen LogP contribution in [0.25, 0.3) is 11.0 Å². The molecule has 0 spiro atoms. The van der Waals surface area contributed by atoms with E-state index in [4.69, 9.17) is 0 Å². The molecule has 1 heterocycles. The zero-order valence-corrected chi connectivity index (χ0v) is 8.47. The number of carbonyl (C=O) groups excluding carboxylic acids is 1. The number of amides is 1. The summed E-state index contributed by atoms with van der Waals surface area (Å²) in [7, 11) is 3.25. The fourth-order valence-electron chi connectivity index (χ4n) is 1.37. The van der Waals surface area contributed by atoms with E-state index in [0.29, 0.717) is 15.6 Å². The molecule has 0 unspecified atom stereocenters. The number of hydrogen-bond donors (Lipinski definition) is 1. The molecule has 2 rings (SSSR count). The average molecular weight is 207 g/mol. The van der Waals surface area contributed by atoms with Crippen molar-refractivity contribution in [1.29, 1.82) is 0 Å². The summed E-state index contributed by atoms with van der Waals surface area (Å²) in [5, 5.41) is 2.42. The van der Waals surface area contributed by atoms with Crippen LogP contribution < -0.4 is 4.54 Å². The average Bonchev–Trinajstić information content (AvgIpc) is 2.56. The zero-order valence-electron chi connectivity index (χ0n) is 8.47. The Bertz CT molecular complexity index is 567. The maximum Gasteiger partial charge on any atom is 0.434 e. The molecule has 1 amide bonds. The third-order valence-corrected chi connectivity index (χ3v) is 2.11. The van der Waals surface area contributed by atoms with Crippen molar-refractivity contribution in [2.75, 3.05) is 14.1 Å². The van der Waals surface area contributed by atoms with E-state index in [0.717, 1.165) is 0 Å². The van der Waals surface area contributed by atoms with E-state index in [1.807, 2.05) is 0 Å². The number of para-hydroxylation sites is 2. The number of H-pyrrole nitrogens is 1. The van der Waals surface area contributed by atoms with Gasteiger partial charge in [-0.05, 0) is 22.3 Å². The summed E-state index contributed by atoms with van der Waals surface area (Å²) >= 11 is 0. The van der Waals surface area contributed by atoms with E-state index in [-0.39, 0.29) is 6.03 Å². The van der Waals surface area contributed by atoms with Gasteiger partial charge in [-0.15, -0.1) is 0 Å². The SMILES string of the molecule is CN(C)C(=O)n1[nH][n+](=O)c2ccccc21. The molecule has 0 saturated carbocycles. The van der Waals surface area contributed by atoms with Gasteiger partial charge in [0.2, 0.25) is 11.0 Å². The van der Waals surface area contributed by atoms with E-state index in [9.17, 15) is 9.70 Å². The van der Waals surface area contributed by atoms with Crippen molar-refractivity contribution in [2.24, 2.45) is 0 Å². The molecule has 0 bridgehead atoms. The quantitative estimate of drug-likeness (QED) is 0.636. The van der Waals surface area contributed by atoms with Gasteiger partial charge in [-0.2, -0.15) is 0 Å². The lowest BCUT2D eigenvalue weighted by molar-refractivity contribution is -0.539. The first-order chi connectivity index (χ1) is 7.11. The summed E-state index contributed by atoms with van der Waals surface area (Å²) in [5.74, 6) is 0. The number of hydrogen-bond acceptors (Lipinski definition) is 2. The third kappa shape index (κ3) is 1.39. The molecule has 0 fully saturated rings. The van der Waals surface area contributed by atoms with Crippen LogP contribution in [0.3, 0.4) is 0 Å². The van der Waals surface area contributed by atoms with Crippen LogP contribution in [0, 0.1) is 4.91 Å². The Labute approximate surface area is 85.3 Å². The van der Waals surface area contributed by atoms with Crippen molar-refractivity contribution < 1.29 is 9.34 Å². The molecule has 0 atom stereocenters. The van der Waals surface area contributed by atoms with Crippen LogP contribution in [0.15, 0.2) is 24.3 Å². The Kier molecular flexibility index (Phi) is 2.03. The Morgan fingerprint density at radius 3 is 2.73 bits per heavy atom. The lowest BCUT2D eigenvalue weighted by Crippen LogP contribution is -2.30. The molecule has 0 aliphatic rings. The summed E-state index contributed by atoms with van der Waals surface area (Å²) in [4.78, 5) is 24.5. The zero-order chi connectivity index (χ0) is 11.0. The number of fused-ring (bicyclic) bond motifs is 1. The molecular formula is C9H11N4O2+. The molecule has 78 valence electrons. The number of carbonyl (C=O) groups is 1. The van der Waals surface area contributed by atoms with E-state index in [1.54, 1.807) is 38.4 Å². The summed E-state index contributed by atoms with van der Waals surface area (Å²) in [6, 6.07) is 6.59. The molecule has 0 aliphatic heterocycles. The van der Waals surface area contributed by atoms with Gasteiger partial charge < -0.3 is 4.90 Å². The van der Waals surface area contributed by atoms with Crippen LogP contribution in [0.5, 0.6) is 0 Å². The van der Waals surface area contributed by atoms with Gasteiger partial charge in [0, 0.05) is 14.1 Å². The van der Waals surface area contributed by atoms with Crippen LogP contribution in [-0.4, -0.2) is 34.9 Å². The number of rotatable bonds is 0. The van der Waals surface area contributed by atoms with Gasteiger partial charge >= 0.3 is 6.03 Å². The Morgan fingerprint density at radius 1 is 1.40 bits per heavy atom. The second-order valence-corrected chi connectivity index (χ2v) is 3.40. The molecule has 0 radical (unpaired) electrons. The molecule has 15 heavy (non-hydrogen) atoms. The lowest BCUT2D eigenvalue weighted by Gasteiger charge is -2.04. The first-order valence-corrected chi connectivity index (χ1v) is 4.45. The monoisotopic (exact) mass is 207 g/mol. The first kappa shape index (κ1) is 9.45. The Hall–Kier alpha value is -2.11. The minimum Gasteiger partial charge on any atom is -0.309 e. The van der Waals surface area contributed by atoms with E-state index < -0.39 is 0 Å². The highest BCUT2D eigenvalue weighted by Crippen LogP contribution is 2.07. The Balaban J connectivity index is 2.73. The molecule has 6 nitrogen and oxygen atoms in total. The summed E-state index contributed by atoms with van der Waals surface area (Å²) in [6.07, 6.45) is 0. The second kappa shape index (κ2) is 3.23. The van der Waals surface area contributed by atoms with Crippen molar-refractivity contribution >= 4 is 17.1 Å². The summed E-state index contributed by atoms with van der Waals surface area (Å²) < 4.78 is 1.78. The summed E-state index contributed by atoms with van der Waals surface area (Å²) in [5.41, 5.74) is 0.999. The van der Waals surface area contributed by atoms with Gasteiger partial charge in [-0.3, -0.25) is 0 Å². The van der Waals surface area contributed by atoms with Crippen LogP contribution in [0.2, 0.25) is 0 Å². The summed E-state index contributed by atoms with van der Waals surface area (Å²) in [6.45, 7) is 0. The number of nitrogens with one attached hydrogen (secondary N) is 1. The van der Waals surface area contributed by atoms with Gasteiger partial charge in [-0.1, -0.05) is 16.8 Å². The predicted octanol–water partition coefficient (Wildman–Crippen LogP) is 0.414. The highest BCUT2D eigenvalue weighted by atomic mass is 16.3. The fourth-order valence-corrected chi connectivity index (χ4v) is 1.37. The standard InChI is InChI=1S/C9H11N4O2/c1-11(2)9(14)12-7-5-3-4-6-8(7)13(15)10-12/h3-6H,1-2H3,(H,10,15)/q+1. The molecule has 1 aromatic carbocycles. The number of aromatic amines is 1. The number of benzene rings is 1. The smallest absolute Gasteiger partial charge is 0.309 e. The highest BCUT2D eigenvalue weighted by molar-refractivity contribution is 5.85. The highest BCUT2D eigenvalue weighted by Gasteiger charge is 2.21. The van der Waals surface area contributed by atoms with Crippen LogP contribution in [0.4, 0.5) is 4.79 Å². The molecule has 0 aliphatic carbocycles. The molecule has 1 aromatic heterocycles. The molecule has 6 heteroatoms. The van der Waals surface area contributed by atoms with Crippen molar-refractivity contribution in [1.82, 2.24) is 14.8 Å². The lowest BCUT2D eigenvalue weighted by atomic mass is 10.3. The van der Waals surface area contributed by atoms with E-state index in [1.165, 1.54) is 9.58 Å². The largest absolute Gasteiger partial charge is 0.434 e. The fraction of sp³-hybridized carbons (Fsp3) is 0.222. The number of nitrogens with zero attached hydrogens (tertiary/aromatic N) is 3. The minimum absolute atomic E-state index is 0.291. The van der Waals surface area contributed by atoms with E-state index >= 15 is 0 Å². The topological polar surface area (TPSA) is 64.0 Å². The minimum atomic E-state index is -0.291. The molecule has 1 N–H and O–H groups in total. The van der Waals surface area contributed by atoms with Gasteiger partial charge in [0.15, 0.2) is 0 Å². The van der Waals surface area contributed by atoms with Gasteiger partial charge in [-0.25, -0.2) is 4.79 Å². The van der Waals surface area contributed by atoms with Gasteiger partial charge in [0.25, 0.3) is 0 Å². The maximum atomic E-state index is 11.7. The maximum absolute atomic E-state index is 11.7. The molecular weight excluding hydrogens is 196 g/mol. The molecule has 2 aromatic rings. The third-order valence-electron chi connectivity index (χ3n) is 2.11. The van der Waals surface area contributed by atoms with Crippen molar-refractivity contribution in [3.63, 3.8) is 0 Å². The van der Waals surface area contributed by atoms with Crippen molar-refractivity contribution in [3.8, 4) is 0 Å². The molecule has 0 saturated heterocycles.